The Labute approximate surface area is 144 Å². The molecule has 1 heterocycles. The standard InChI is InChI=1S/C17H16F2N2O2.ClH/c18-12-5-11(6-13(19)7-12)16-3-1-2-4-17(16)22-10-15-8-14(9-20)21-23-15;/h1-7,15H,8-10,20H2;1H. The first-order chi connectivity index (χ1) is 11.2. The Morgan fingerprint density at radius 3 is 2.54 bits per heavy atom. The summed E-state index contributed by atoms with van der Waals surface area (Å²) in [7, 11) is 0. The minimum absolute atomic E-state index is 0. The number of rotatable bonds is 5. The van der Waals surface area contributed by atoms with Crippen LogP contribution in [0.1, 0.15) is 6.42 Å². The molecular formula is C17H17ClF2N2O2. The number of hydrogen-bond donors (Lipinski definition) is 1. The van der Waals surface area contributed by atoms with Gasteiger partial charge in [0.2, 0.25) is 0 Å². The number of para-hydroxylation sites is 1. The number of oxime groups is 1. The van der Waals surface area contributed by atoms with Crippen molar-refractivity contribution >= 4 is 18.1 Å². The molecule has 24 heavy (non-hydrogen) atoms. The first kappa shape index (κ1) is 18.2. The molecule has 0 aliphatic carbocycles. The number of hydrogen-bond acceptors (Lipinski definition) is 4. The maximum atomic E-state index is 13.4. The second-order valence-electron chi connectivity index (χ2n) is 5.26. The SMILES string of the molecule is Cl.NCC1=NOC(COc2ccccc2-c2cc(F)cc(F)c2)C1. The highest BCUT2D eigenvalue weighted by Gasteiger charge is 2.21. The second kappa shape index (κ2) is 8.08. The zero-order valence-corrected chi connectivity index (χ0v) is 13.6. The van der Waals surface area contributed by atoms with Gasteiger partial charge in [-0.15, -0.1) is 12.4 Å². The van der Waals surface area contributed by atoms with E-state index in [0.717, 1.165) is 11.8 Å². The van der Waals surface area contributed by atoms with E-state index >= 15 is 0 Å². The summed E-state index contributed by atoms with van der Waals surface area (Å²) in [4.78, 5) is 5.22. The third kappa shape index (κ3) is 4.21. The number of nitrogens with zero attached hydrogens (tertiary/aromatic N) is 1. The molecule has 0 saturated carbocycles. The average Bonchev–Trinajstić information content (AvgIpc) is 3.00. The van der Waals surface area contributed by atoms with Gasteiger partial charge in [0.15, 0.2) is 6.10 Å². The zero-order valence-electron chi connectivity index (χ0n) is 12.7. The lowest BCUT2D eigenvalue weighted by Crippen LogP contribution is -2.20. The van der Waals surface area contributed by atoms with Gasteiger partial charge in [-0.05, 0) is 23.8 Å². The van der Waals surface area contributed by atoms with Gasteiger partial charge in [0.05, 0.1) is 5.71 Å². The molecule has 128 valence electrons. The molecule has 2 aromatic carbocycles. The highest BCUT2D eigenvalue weighted by atomic mass is 35.5. The van der Waals surface area contributed by atoms with Crippen molar-refractivity contribution in [2.24, 2.45) is 10.9 Å². The van der Waals surface area contributed by atoms with Crippen molar-refractivity contribution in [1.29, 1.82) is 0 Å². The van der Waals surface area contributed by atoms with Crippen LogP contribution in [-0.2, 0) is 4.84 Å². The predicted molar refractivity (Wildman–Crippen MR) is 90.5 cm³/mol. The summed E-state index contributed by atoms with van der Waals surface area (Å²) >= 11 is 0. The first-order valence-corrected chi connectivity index (χ1v) is 7.25. The molecule has 0 bridgehead atoms. The molecule has 0 radical (unpaired) electrons. The van der Waals surface area contributed by atoms with Crippen LogP contribution in [0.25, 0.3) is 11.1 Å². The quantitative estimate of drug-likeness (QED) is 0.893. The maximum Gasteiger partial charge on any atom is 0.166 e. The fraction of sp³-hybridized carbons (Fsp3) is 0.235. The zero-order chi connectivity index (χ0) is 16.2. The smallest absolute Gasteiger partial charge is 0.166 e. The van der Waals surface area contributed by atoms with Gasteiger partial charge in [0, 0.05) is 24.6 Å². The van der Waals surface area contributed by atoms with E-state index in [9.17, 15) is 8.78 Å². The topological polar surface area (TPSA) is 56.8 Å². The minimum Gasteiger partial charge on any atom is -0.489 e. The van der Waals surface area contributed by atoms with E-state index in [1.807, 2.05) is 0 Å². The molecule has 0 saturated heterocycles. The van der Waals surface area contributed by atoms with Crippen LogP contribution in [0.2, 0.25) is 0 Å². The van der Waals surface area contributed by atoms with E-state index in [-0.39, 0.29) is 25.1 Å². The molecule has 0 aromatic heterocycles. The summed E-state index contributed by atoms with van der Waals surface area (Å²) in [6.07, 6.45) is 0.415. The molecule has 0 amide bonds. The largest absolute Gasteiger partial charge is 0.489 e. The summed E-state index contributed by atoms with van der Waals surface area (Å²) in [6, 6.07) is 10.5. The van der Waals surface area contributed by atoms with Gasteiger partial charge >= 0.3 is 0 Å². The fourth-order valence-electron chi connectivity index (χ4n) is 2.42. The van der Waals surface area contributed by atoms with Crippen LogP contribution in [0, 0.1) is 11.6 Å². The van der Waals surface area contributed by atoms with E-state index in [0.29, 0.717) is 29.8 Å². The summed E-state index contributed by atoms with van der Waals surface area (Å²) < 4.78 is 32.6. The van der Waals surface area contributed by atoms with Crippen LogP contribution < -0.4 is 10.5 Å². The van der Waals surface area contributed by atoms with Crippen LogP contribution in [-0.4, -0.2) is 25.0 Å². The minimum atomic E-state index is -0.630. The predicted octanol–water partition coefficient (Wildman–Crippen LogP) is 3.54. The molecule has 0 fully saturated rings. The molecule has 2 aromatic rings. The Bertz CT molecular complexity index is 720. The van der Waals surface area contributed by atoms with E-state index in [1.165, 1.54) is 12.1 Å². The van der Waals surface area contributed by atoms with Crippen molar-refractivity contribution in [3.8, 4) is 16.9 Å². The van der Waals surface area contributed by atoms with E-state index in [4.69, 9.17) is 15.3 Å². The maximum absolute atomic E-state index is 13.4. The normalized spacial score (nSPS) is 16.1. The van der Waals surface area contributed by atoms with E-state index in [2.05, 4.69) is 5.16 Å². The van der Waals surface area contributed by atoms with Crippen molar-refractivity contribution in [3.63, 3.8) is 0 Å². The van der Waals surface area contributed by atoms with Crippen LogP contribution in [0.4, 0.5) is 8.78 Å². The lowest BCUT2D eigenvalue weighted by molar-refractivity contribution is 0.0472. The van der Waals surface area contributed by atoms with Gasteiger partial charge < -0.3 is 15.3 Å². The molecule has 4 nitrogen and oxygen atoms in total. The third-order valence-electron chi connectivity index (χ3n) is 3.52. The number of benzene rings is 2. The number of halogens is 3. The van der Waals surface area contributed by atoms with Crippen molar-refractivity contribution in [3.05, 3.63) is 54.1 Å². The Balaban J connectivity index is 0.00000208. The van der Waals surface area contributed by atoms with Crippen LogP contribution in [0.3, 0.4) is 0 Å². The highest BCUT2D eigenvalue weighted by molar-refractivity contribution is 5.87. The van der Waals surface area contributed by atoms with Gasteiger partial charge in [-0.1, -0.05) is 23.4 Å². The summed E-state index contributed by atoms with van der Waals surface area (Å²) in [5.74, 6) is -0.730. The molecule has 1 aliphatic rings. The molecule has 1 unspecified atom stereocenters. The third-order valence-corrected chi connectivity index (χ3v) is 3.52. The Morgan fingerprint density at radius 2 is 1.88 bits per heavy atom. The first-order valence-electron chi connectivity index (χ1n) is 7.25. The Morgan fingerprint density at radius 1 is 1.17 bits per heavy atom. The Kier molecular flexibility index (Phi) is 6.11. The van der Waals surface area contributed by atoms with Gasteiger partial charge in [-0.2, -0.15) is 0 Å². The summed E-state index contributed by atoms with van der Waals surface area (Å²) in [6.45, 7) is 0.636. The van der Waals surface area contributed by atoms with Crippen LogP contribution in [0.15, 0.2) is 47.6 Å². The van der Waals surface area contributed by atoms with E-state index in [1.54, 1.807) is 24.3 Å². The number of ether oxygens (including phenoxy) is 1. The molecule has 0 spiro atoms. The fourth-order valence-corrected chi connectivity index (χ4v) is 2.42. The van der Waals surface area contributed by atoms with Gasteiger partial charge in [-0.25, -0.2) is 8.78 Å². The molecule has 1 aliphatic heterocycles. The number of nitrogens with two attached hydrogens (primary N) is 1. The monoisotopic (exact) mass is 354 g/mol. The summed E-state index contributed by atoms with van der Waals surface area (Å²) in [5.41, 5.74) is 7.34. The van der Waals surface area contributed by atoms with Crippen molar-refractivity contribution < 1.29 is 18.4 Å². The highest BCUT2D eigenvalue weighted by Crippen LogP contribution is 2.31. The molecule has 7 heteroatoms. The van der Waals surface area contributed by atoms with Gasteiger partial charge in [0.1, 0.15) is 24.0 Å². The van der Waals surface area contributed by atoms with Crippen LogP contribution >= 0.6 is 12.4 Å². The molecule has 1 atom stereocenters. The second-order valence-corrected chi connectivity index (χ2v) is 5.26. The van der Waals surface area contributed by atoms with Crippen molar-refractivity contribution in [2.45, 2.75) is 12.5 Å². The van der Waals surface area contributed by atoms with Crippen molar-refractivity contribution in [1.82, 2.24) is 0 Å². The average molecular weight is 355 g/mol. The van der Waals surface area contributed by atoms with Gasteiger partial charge in [0.25, 0.3) is 0 Å². The Hall–Kier alpha value is -2.18. The van der Waals surface area contributed by atoms with Crippen LogP contribution in [0.5, 0.6) is 5.75 Å². The van der Waals surface area contributed by atoms with Crippen molar-refractivity contribution in [2.75, 3.05) is 13.2 Å². The molecular weight excluding hydrogens is 338 g/mol. The summed E-state index contributed by atoms with van der Waals surface area (Å²) in [5, 5.41) is 3.86. The lowest BCUT2D eigenvalue weighted by Gasteiger charge is -2.14. The molecule has 2 N–H and O–H groups in total. The van der Waals surface area contributed by atoms with Gasteiger partial charge in [-0.3, -0.25) is 0 Å². The molecule has 3 rings (SSSR count). The lowest BCUT2D eigenvalue weighted by atomic mass is 10.0. The van der Waals surface area contributed by atoms with E-state index < -0.39 is 11.6 Å².